The third-order valence-electron chi connectivity index (χ3n) is 6.12. The van der Waals surface area contributed by atoms with E-state index in [1.54, 1.807) is 12.3 Å². The zero-order chi connectivity index (χ0) is 22.5. The maximum atomic E-state index is 12.6. The Morgan fingerprint density at radius 3 is 2.59 bits per heavy atom. The predicted octanol–water partition coefficient (Wildman–Crippen LogP) is 2.07. The molecule has 3 aromatic rings. The Hall–Kier alpha value is -3.39. The molecule has 1 aliphatic rings. The molecule has 0 saturated carbocycles. The highest BCUT2D eigenvalue weighted by molar-refractivity contribution is 5.76. The van der Waals surface area contributed by atoms with Gasteiger partial charge in [-0.1, -0.05) is 18.2 Å². The van der Waals surface area contributed by atoms with E-state index in [0.29, 0.717) is 25.2 Å². The second kappa shape index (κ2) is 9.82. The molecule has 1 aliphatic heterocycles. The summed E-state index contributed by atoms with van der Waals surface area (Å²) in [7, 11) is 0. The van der Waals surface area contributed by atoms with Gasteiger partial charge in [0.2, 0.25) is 11.9 Å². The van der Waals surface area contributed by atoms with Crippen molar-refractivity contribution < 1.29 is 9.21 Å². The molecule has 3 heterocycles. The van der Waals surface area contributed by atoms with Crippen molar-refractivity contribution in [1.82, 2.24) is 14.5 Å². The van der Waals surface area contributed by atoms with Crippen LogP contribution in [0.25, 0.3) is 11.3 Å². The van der Waals surface area contributed by atoms with E-state index in [9.17, 15) is 9.59 Å². The number of primary amides is 1. The number of rotatable bonds is 8. The van der Waals surface area contributed by atoms with Gasteiger partial charge in [0, 0.05) is 30.6 Å². The van der Waals surface area contributed by atoms with E-state index in [0.717, 1.165) is 49.2 Å². The summed E-state index contributed by atoms with van der Waals surface area (Å²) < 4.78 is 6.98. The molecule has 4 rings (SSSR count). The molecule has 0 bridgehead atoms. The molecule has 32 heavy (non-hydrogen) atoms. The number of piperidine rings is 1. The van der Waals surface area contributed by atoms with E-state index in [1.807, 2.05) is 24.3 Å². The van der Waals surface area contributed by atoms with Crippen LogP contribution < -0.4 is 17.0 Å². The monoisotopic (exact) mass is 435 g/mol. The fraction of sp³-hybridized carbons (Fsp3) is 0.375. The van der Waals surface area contributed by atoms with Crippen molar-refractivity contribution in [1.29, 1.82) is 0 Å². The topological polar surface area (TPSA) is 120 Å². The van der Waals surface area contributed by atoms with Gasteiger partial charge in [-0.3, -0.25) is 14.2 Å². The fourth-order valence-corrected chi connectivity index (χ4v) is 4.20. The summed E-state index contributed by atoms with van der Waals surface area (Å²) in [5.41, 5.74) is 14.2. The zero-order valence-electron chi connectivity index (χ0n) is 18.1. The van der Waals surface area contributed by atoms with Gasteiger partial charge in [-0.15, -0.1) is 0 Å². The number of nitrogens with two attached hydrogens (primary N) is 2. The maximum Gasteiger partial charge on any atom is 0.255 e. The molecular weight excluding hydrogens is 406 g/mol. The van der Waals surface area contributed by atoms with E-state index in [1.165, 1.54) is 4.57 Å². The zero-order valence-corrected chi connectivity index (χ0v) is 18.1. The second-order valence-corrected chi connectivity index (χ2v) is 8.29. The first-order valence-corrected chi connectivity index (χ1v) is 11.0. The second-order valence-electron chi connectivity index (χ2n) is 8.29. The van der Waals surface area contributed by atoms with Gasteiger partial charge in [-0.05, 0) is 62.5 Å². The highest BCUT2D eigenvalue weighted by Crippen LogP contribution is 2.21. The summed E-state index contributed by atoms with van der Waals surface area (Å²) in [6, 6.07) is 13.5. The quantitative estimate of drug-likeness (QED) is 0.559. The number of hydrogen-bond donors (Lipinski definition) is 2. The van der Waals surface area contributed by atoms with Crippen LogP contribution in [0.3, 0.4) is 0 Å². The molecule has 0 radical (unpaired) electrons. The van der Waals surface area contributed by atoms with Crippen molar-refractivity contribution in [3.63, 3.8) is 0 Å². The van der Waals surface area contributed by atoms with Crippen LogP contribution in [0.15, 0.2) is 57.9 Å². The SMILES string of the molecule is NC(=O)C1CCN(CCn2c(N)nc(CCc3cccc(-c4ccco4)c3)cc2=O)CC1. The molecule has 1 fully saturated rings. The summed E-state index contributed by atoms with van der Waals surface area (Å²) in [5.74, 6) is 0.803. The van der Waals surface area contributed by atoms with E-state index in [2.05, 4.69) is 22.0 Å². The van der Waals surface area contributed by atoms with Gasteiger partial charge >= 0.3 is 0 Å². The van der Waals surface area contributed by atoms with Gasteiger partial charge in [-0.25, -0.2) is 4.98 Å². The standard InChI is InChI=1S/C24H29N5O3/c25-23(31)18-8-10-28(11-9-18)12-13-29-22(30)16-20(27-24(29)26)7-6-17-3-1-4-19(15-17)21-5-2-14-32-21/h1-5,14-16,18H,6-13H2,(H2,25,31)(H2,26,27). The van der Waals surface area contributed by atoms with Crippen LogP contribution in [-0.4, -0.2) is 40.0 Å². The smallest absolute Gasteiger partial charge is 0.255 e. The summed E-state index contributed by atoms with van der Waals surface area (Å²) in [4.78, 5) is 30.6. The number of benzene rings is 1. The Bertz CT molecular complexity index is 1110. The molecule has 0 unspecified atom stereocenters. The maximum absolute atomic E-state index is 12.6. The Morgan fingerprint density at radius 2 is 1.91 bits per heavy atom. The third kappa shape index (κ3) is 5.26. The molecule has 8 nitrogen and oxygen atoms in total. The molecular formula is C24H29N5O3. The van der Waals surface area contributed by atoms with Crippen LogP contribution in [0.2, 0.25) is 0 Å². The van der Waals surface area contributed by atoms with Crippen LogP contribution in [0.1, 0.15) is 24.1 Å². The van der Waals surface area contributed by atoms with Gasteiger partial charge in [0.15, 0.2) is 0 Å². The van der Waals surface area contributed by atoms with Crippen molar-refractivity contribution >= 4 is 11.9 Å². The van der Waals surface area contributed by atoms with E-state index in [-0.39, 0.29) is 23.3 Å². The minimum absolute atomic E-state index is 0.0419. The van der Waals surface area contributed by atoms with Crippen LogP contribution in [0.4, 0.5) is 5.95 Å². The number of amides is 1. The average Bonchev–Trinajstić information content (AvgIpc) is 3.33. The van der Waals surface area contributed by atoms with E-state index < -0.39 is 0 Å². The third-order valence-corrected chi connectivity index (χ3v) is 6.12. The lowest BCUT2D eigenvalue weighted by Gasteiger charge is -2.30. The van der Waals surface area contributed by atoms with Crippen LogP contribution in [-0.2, 0) is 24.2 Å². The Balaban J connectivity index is 1.34. The summed E-state index contributed by atoms with van der Waals surface area (Å²) in [5, 5.41) is 0. The first-order valence-electron chi connectivity index (χ1n) is 11.0. The van der Waals surface area contributed by atoms with Crippen molar-refractivity contribution in [2.75, 3.05) is 25.4 Å². The number of aromatic nitrogens is 2. The summed E-state index contributed by atoms with van der Waals surface area (Å²) >= 11 is 0. The van der Waals surface area contributed by atoms with Gasteiger partial charge in [-0.2, -0.15) is 0 Å². The number of aryl methyl sites for hydroxylation is 2. The Labute approximate surface area is 186 Å². The highest BCUT2D eigenvalue weighted by Gasteiger charge is 2.23. The number of likely N-dealkylation sites (tertiary alicyclic amines) is 1. The molecule has 1 saturated heterocycles. The molecule has 0 spiro atoms. The minimum Gasteiger partial charge on any atom is -0.464 e. The lowest BCUT2D eigenvalue weighted by atomic mass is 9.96. The minimum atomic E-state index is -0.224. The number of nitrogen functional groups attached to an aromatic ring is 1. The fourth-order valence-electron chi connectivity index (χ4n) is 4.20. The predicted molar refractivity (Wildman–Crippen MR) is 123 cm³/mol. The number of anilines is 1. The highest BCUT2D eigenvalue weighted by atomic mass is 16.3. The average molecular weight is 436 g/mol. The van der Waals surface area contributed by atoms with Gasteiger partial charge in [0.1, 0.15) is 5.76 Å². The largest absolute Gasteiger partial charge is 0.464 e. The van der Waals surface area contributed by atoms with Gasteiger partial charge < -0.3 is 20.8 Å². The molecule has 0 atom stereocenters. The molecule has 0 aliphatic carbocycles. The van der Waals surface area contributed by atoms with Crippen molar-refractivity contribution in [3.8, 4) is 11.3 Å². The lowest BCUT2D eigenvalue weighted by molar-refractivity contribution is -0.123. The number of furan rings is 1. The van der Waals surface area contributed by atoms with Gasteiger partial charge in [0.25, 0.3) is 5.56 Å². The molecule has 8 heteroatoms. The van der Waals surface area contributed by atoms with Gasteiger partial charge in [0.05, 0.1) is 12.0 Å². The molecule has 168 valence electrons. The summed E-state index contributed by atoms with van der Waals surface area (Å²) in [6.07, 6.45) is 4.56. The number of carbonyl (C=O) groups excluding carboxylic acids is 1. The molecule has 2 aromatic heterocycles. The Morgan fingerprint density at radius 1 is 1.09 bits per heavy atom. The van der Waals surface area contributed by atoms with E-state index in [4.69, 9.17) is 15.9 Å². The number of carbonyl (C=O) groups is 1. The van der Waals surface area contributed by atoms with Crippen molar-refractivity contribution in [2.45, 2.75) is 32.2 Å². The normalized spacial score (nSPS) is 15.1. The van der Waals surface area contributed by atoms with Crippen molar-refractivity contribution in [3.05, 3.63) is 70.3 Å². The number of hydrogen-bond acceptors (Lipinski definition) is 6. The van der Waals surface area contributed by atoms with Crippen LogP contribution >= 0.6 is 0 Å². The molecule has 1 amide bonds. The van der Waals surface area contributed by atoms with Crippen LogP contribution in [0.5, 0.6) is 0 Å². The lowest BCUT2D eigenvalue weighted by Crippen LogP contribution is -2.40. The first-order chi connectivity index (χ1) is 15.5. The first kappa shape index (κ1) is 21.8. The van der Waals surface area contributed by atoms with E-state index >= 15 is 0 Å². The molecule has 4 N–H and O–H groups in total. The molecule has 1 aromatic carbocycles. The van der Waals surface area contributed by atoms with Crippen molar-refractivity contribution in [2.24, 2.45) is 11.7 Å². The Kier molecular flexibility index (Phi) is 6.70. The van der Waals surface area contributed by atoms with Crippen LogP contribution in [0, 0.1) is 5.92 Å². The number of nitrogens with zero attached hydrogens (tertiary/aromatic N) is 3. The summed E-state index contributed by atoms with van der Waals surface area (Å²) in [6.45, 7) is 2.76.